The molecule has 0 amide bonds. The monoisotopic (exact) mass is 293 g/mol. The van der Waals surface area contributed by atoms with E-state index in [9.17, 15) is 10.1 Å². The molecular weight excluding hydrogens is 282 g/mol. The predicted molar refractivity (Wildman–Crippen MR) is 75.1 cm³/mol. The lowest BCUT2D eigenvalue weighted by Crippen LogP contribution is -2.17. The van der Waals surface area contributed by atoms with Crippen LogP contribution in [0.1, 0.15) is 12.8 Å². The predicted octanol–water partition coefficient (Wildman–Crippen LogP) is 3.50. The van der Waals surface area contributed by atoms with Crippen molar-refractivity contribution in [2.45, 2.75) is 12.8 Å². The van der Waals surface area contributed by atoms with Gasteiger partial charge in [0.05, 0.1) is 4.92 Å². The molecule has 2 aromatic rings. The molecule has 1 aromatic heterocycles. The molecule has 3 rings (SSSR count). The van der Waals surface area contributed by atoms with Crippen molar-refractivity contribution in [3.8, 4) is 11.3 Å². The lowest BCUT2D eigenvalue weighted by atomic mass is 10.1. The zero-order chi connectivity index (χ0) is 14.1. The van der Waals surface area contributed by atoms with Gasteiger partial charge in [-0.25, -0.2) is 0 Å². The molecule has 0 saturated carbocycles. The average molecular weight is 294 g/mol. The van der Waals surface area contributed by atoms with Crippen molar-refractivity contribution in [2.75, 3.05) is 18.0 Å². The second-order valence-electron chi connectivity index (χ2n) is 4.64. The number of benzene rings is 1. The lowest BCUT2D eigenvalue weighted by molar-refractivity contribution is -0.383. The van der Waals surface area contributed by atoms with Gasteiger partial charge in [-0.05, 0) is 25.0 Å². The van der Waals surface area contributed by atoms with Gasteiger partial charge in [0, 0.05) is 23.7 Å². The van der Waals surface area contributed by atoms with Gasteiger partial charge in [-0.15, -0.1) is 0 Å². The van der Waals surface area contributed by atoms with Crippen LogP contribution in [0.5, 0.6) is 0 Å². The quantitative estimate of drug-likeness (QED) is 0.639. The summed E-state index contributed by atoms with van der Waals surface area (Å²) in [4.78, 5) is 12.8. The van der Waals surface area contributed by atoms with Crippen LogP contribution in [0.4, 0.5) is 11.6 Å². The summed E-state index contributed by atoms with van der Waals surface area (Å²) in [6, 6.07) is 6.73. The van der Waals surface area contributed by atoms with E-state index >= 15 is 0 Å². The third kappa shape index (κ3) is 2.22. The molecule has 1 saturated heterocycles. The summed E-state index contributed by atoms with van der Waals surface area (Å²) in [7, 11) is 0. The first kappa shape index (κ1) is 12.9. The Hall–Kier alpha value is -2.08. The smallest absolute Gasteiger partial charge is 0.335 e. The van der Waals surface area contributed by atoms with Crippen LogP contribution in [0.3, 0.4) is 0 Å². The van der Waals surface area contributed by atoms with Crippen LogP contribution in [0.2, 0.25) is 5.02 Å². The second-order valence-corrected chi connectivity index (χ2v) is 5.08. The fraction of sp³-hybridized carbons (Fsp3) is 0.308. The highest BCUT2D eigenvalue weighted by molar-refractivity contribution is 6.30. The molecule has 2 heterocycles. The molecule has 1 fully saturated rings. The van der Waals surface area contributed by atoms with Gasteiger partial charge in [0.1, 0.15) is 0 Å². The Morgan fingerprint density at radius 2 is 1.90 bits per heavy atom. The number of nitro groups is 1. The minimum absolute atomic E-state index is 0.0748. The third-order valence-electron chi connectivity index (χ3n) is 3.34. The lowest BCUT2D eigenvalue weighted by Gasteiger charge is -2.11. The van der Waals surface area contributed by atoms with E-state index < -0.39 is 4.92 Å². The van der Waals surface area contributed by atoms with Gasteiger partial charge in [-0.2, -0.15) is 0 Å². The molecule has 1 aliphatic heterocycles. The van der Waals surface area contributed by atoms with Crippen molar-refractivity contribution in [3.05, 3.63) is 39.4 Å². The Balaban J connectivity index is 2.07. The number of halogens is 1. The highest BCUT2D eigenvalue weighted by Crippen LogP contribution is 2.39. The first-order chi connectivity index (χ1) is 9.66. The van der Waals surface area contributed by atoms with Gasteiger partial charge in [-0.1, -0.05) is 28.9 Å². The van der Waals surface area contributed by atoms with E-state index in [1.54, 1.807) is 24.3 Å². The molecule has 0 atom stereocenters. The molecule has 0 N–H and O–H groups in total. The minimum Gasteiger partial charge on any atom is -0.335 e. The number of aromatic nitrogens is 1. The average Bonchev–Trinajstić information content (AvgIpc) is 3.08. The summed E-state index contributed by atoms with van der Waals surface area (Å²) >= 11 is 5.82. The SMILES string of the molecule is O=[N+]([O-])c1c(-c2ccc(Cl)cc2)noc1N1CCCC1. The zero-order valence-corrected chi connectivity index (χ0v) is 11.3. The number of anilines is 1. The fourth-order valence-electron chi connectivity index (χ4n) is 2.37. The maximum absolute atomic E-state index is 11.4. The Labute approximate surface area is 120 Å². The summed E-state index contributed by atoms with van der Waals surface area (Å²) in [6.45, 7) is 1.52. The van der Waals surface area contributed by atoms with E-state index in [-0.39, 0.29) is 17.3 Å². The molecule has 6 nitrogen and oxygen atoms in total. The van der Waals surface area contributed by atoms with Gasteiger partial charge in [0.15, 0.2) is 5.69 Å². The van der Waals surface area contributed by atoms with Crippen LogP contribution in [-0.2, 0) is 0 Å². The van der Waals surface area contributed by atoms with Crippen molar-refractivity contribution in [1.82, 2.24) is 5.16 Å². The Kier molecular flexibility index (Phi) is 3.31. The van der Waals surface area contributed by atoms with Crippen LogP contribution in [0, 0.1) is 10.1 Å². The molecule has 0 aliphatic carbocycles. The van der Waals surface area contributed by atoms with Gasteiger partial charge >= 0.3 is 11.6 Å². The maximum atomic E-state index is 11.4. The number of nitrogens with zero attached hydrogens (tertiary/aromatic N) is 3. The van der Waals surface area contributed by atoms with E-state index in [4.69, 9.17) is 16.1 Å². The van der Waals surface area contributed by atoms with E-state index in [1.807, 2.05) is 4.90 Å². The van der Waals surface area contributed by atoms with Gasteiger partial charge in [-0.3, -0.25) is 10.1 Å². The van der Waals surface area contributed by atoms with Crippen LogP contribution >= 0.6 is 11.6 Å². The molecular formula is C13H12ClN3O3. The van der Waals surface area contributed by atoms with Gasteiger partial charge in [0.2, 0.25) is 0 Å². The Bertz CT molecular complexity index is 633. The molecule has 1 aliphatic rings. The van der Waals surface area contributed by atoms with Crippen molar-refractivity contribution in [2.24, 2.45) is 0 Å². The summed E-state index contributed by atoms with van der Waals surface area (Å²) < 4.78 is 5.23. The Morgan fingerprint density at radius 1 is 1.25 bits per heavy atom. The summed E-state index contributed by atoms with van der Waals surface area (Å²) in [5.41, 5.74) is 0.790. The van der Waals surface area contributed by atoms with Gasteiger partial charge < -0.3 is 9.42 Å². The minimum atomic E-state index is -0.436. The molecule has 0 bridgehead atoms. The number of hydrogen-bond acceptors (Lipinski definition) is 5. The normalized spacial score (nSPS) is 14.8. The van der Waals surface area contributed by atoms with Crippen LogP contribution in [-0.4, -0.2) is 23.2 Å². The fourth-order valence-corrected chi connectivity index (χ4v) is 2.49. The number of hydrogen-bond donors (Lipinski definition) is 0. The third-order valence-corrected chi connectivity index (χ3v) is 3.60. The zero-order valence-electron chi connectivity index (χ0n) is 10.6. The highest BCUT2D eigenvalue weighted by Gasteiger charge is 2.32. The van der Waals surface area contributed by atoms with Crippen molar-refractivity contribution >= 4 is 23.2 Å². The number of rotatable bonds is 3. The maximum Gasteiger partial charge on any atom is 0.361 e. The largest absolute Gasteiger partial charge is 0.361 e. The van der Waals surface area contributed by atoms with Crippen LogP contribution < -0.4 is 4.90 Å². The first-order valence-corrected chi connectivity index (χ1v) is 6.69. The molecule has 104 valence electrons. The summed E-state index contributed by atoms with van der Waals surface area (Å²) in [6.07, 6.45) is 2.02. The van der Waals surface area contributed by atoms with Crippen LogP contribution in [0.15, 0.2) is 28.8 Å². The summed E-state index contributed by atoms with van der Waals surface area (Å²) in [5.74, 6) is 0.248. The molecule has 0 radical (unpaired) electrons. The van der Waals surface area contributed by atoms with Crippen LogP contribution in [0.25, 0.3) is 11.3 Å². The van der Waals surface area contributed by atoms with Crippen molar-refractivity contribution in [1.29, 1.82) is 0 Å². The molecule has 20 heavy (non-hydrogen) atoms. The standard InChI is InChI=1S/C13H12ClN3O3/c14-10-5-3-9(4-6-10)11-12(17(18)19)13(20-15-11)16-7-1-2-8-16/h3-6H,1-2,7-8H2. The van der Waals surface area contributed by atoms with E-state index in [2.05, 4.69) is 5.16 Å². The van der Waals surface area contributed by atoms with E-state index in [0.717, 1.165) is 25.9 Å². The molecule has 1 aromatic carbocycles. The highest BCUT2D eigenvalue weighted by atomic mass is 35.5. The molecule has 7 heteroatoms. The topological polar surface area (TPSA) is 72.4 Å². The first-order valence-electron chi connectivity index (χ1n) is 6.32. The molecule has 0 spiro atoms. The Morgan fingerprint density at radius 3 is 2.50 bits per heavy atom. The van der Waals surface area contributed by atoms with E-state index in [0.29, 0.717) is 10.6 Å². The second kappa shape index (κ2) is 5.13. The van der Waals surface area contributed by atoms with Gasteiger partial charge in [0.25, 0.3) is 0 Å². The summed E-state index contributed by atoms with van der Waals surface area (Å²) in [5, 5.41) is 15.8. The van der Waals surface area contributed by atoms with E-state index in [1.165, 1.54) is 0 Å². The van der Waals surface area contributed by atoms with Crippen molar-refractivity contribution in [3.63, 3.8) is 0 Å². The molecule has 0 unspecified atom stereocenters. The van der Waals surface area contributed by atoms with Crippen molar-refractivity contribution < 1.29 is 9.45 Å².